The van der Waals surface area contributed by atoms with Crippen molar-refractivity contribution in [1.82, 2.24) is 4.90 Å². The van der Waals surface area contributed by atoms with Crippen LogP contribution in [0.4, 0.5) is 0 Å². The summed E-state index contributed by atoms with van der Waals surface area (Å²) in [5.74, 6) is 0.574. The van der Waals surface area contributed by atoms with Gasteiger partial charge in [-0.25, -0.2) is 8.42 Å². The average Bonchev–Trinajstić information content (AvgIpc) is 3.23. The summed E-state index contributed by atoms with van der Waals surface area (Å²) in [6, 6.07) is 24.4. The van der Waals surface area contributed by atoms with Gasteiger partial charge in [-0.1, -0.05) is 66.7 Å². The van der Waals surface area contributed by atoms with Crippen molar-refractivity contribution in [3.8, 4) is 11.5 Å². The van der Waals surface area contributed by atoms with E-state index >= 15 is 0 Å². The monoisotopic (exact) mass is 479 g/mol. The third kappa shape index (κ3) is 5.25. The summed E-state index contributed by atoms with van der Waals surface area (Å²) in [6.45, 7) is 0.273. The molecule has 6 nitrogen and oxygen atoms in total. The van der Waals surface area contributed by atoms with Gasteiger partial charge in [0, 0.05) is 12.6 Å². The van der Waals surface area contributed by atoms with Crippen LogP contribution in [0.1, 0.15) is 29.0 Å². The summed E-state index contributed by atoms with van der Waals surface area (Å²) in [5.41, 5.74) is 2.59. The number of hydrogen-bond donors (Lipinski definition) is 0. The third-order valence-electron chi connectivity index (χ3n) is 6.25. The predicted molar refractivity (Wildman–Crippen MR) is 132 cm³/mol. The molecule has 34 heavy (non-hydrogen) atoms. The van der Waals surface area contributed by atoms with Crippen LogP contribution in [0.2, 0.25) is 0 Å². The van der Waals surface area contributed by atoms with Crippen LogP contribution >= 0.6 is 0 Å². The van der Waals surface area contributed by atoms with Gasteiger partial charge in [-0.3, -0.25) is 4.79 Å². The Morgan fingerprint density at radius 1 is 0.912 bits per heavy atom. The highest BCUT2D eigenvalue weighted by molar-refractivity contribution is 7.91. The molecule has 0 N–H and O–H groups in total. The number of carbonyl (C=O) groups excluding carboxylic acids is 1. The quantitative estimate of drug-likeness (QED) is 0.487. The summed E-state index contributed by atoms with van der Waals surface area (Å²) >= 11 is 0. The molecule has 0 unspecified atom stereocenters. The van der Waals surface area contributed by atoms with E-state index in [2.05, 4.69) is 0 Å². The second kappa shape index (κ2) is 10.3. The molecule has 0 radical (unpaired) electrons. The molecule has 1 saturated heterocycles. The molecule has 0 aliphatic carbocycles. The molecule has 0 bridgehead atoms. The fourth-order valence-corrected chi connectivity index (χ4v) is 6.25. The van der Waals surface area contributed by atoms with E-state index in [9.17, 15) is 13.2 Å². The van der Waals surface area contributed by atoms with E-state index in [4.69, 9.17) is 9.47 Å². The normalized spacial score (nSPS) is 16.9. The van der Waals surface area contributed by atoms with Crippen molar-refractivity contribution in [3.63, 3.8) is 0 Å². The van der Waals surface area contributed by atoms with Crippen molar-refractivity contribution in [1.29, 1.82) is 0 Å². The smallest absolute Gasteiger partial charge is 0.235 e. The van der Waals surface area contributed by atoms with Gasteiger partial charge in [0.1, 0.15) is 0 Å². The maximum absolute atomic E-state index is 14.2. The zero-order chi connectivity index (χ0) is 24.1. The SMILES string of the molecule is COc1ccc(CN(C(=O)C(c2ccccc2)c2ccccc2)[C@@H]2CCS(=O)(=O)C2)cc1OC. The number of benzene rings is 3. The Labute approximate surface area is 201 Å². The van der Waals surface area contributed by atoms with Gasteiger partial charge in [-0.2, -0.15) is 0 Å². The maximum Gasteiger partial charge on any atom is 0.235 e. The molecule has 0 aromatic heterocycles. The molecule has 1 aliphatic rings. The molecule has 1 fully saturated rings. The Bertz CT molecular complexity index is 1190. The fourth-order valence-electron chi connectivity index (χ4n) is 4.52. The van der Waals surface area contributed by atoms with Crippen LogP contribution in [0.3, 0.4) is 0 Å². The average molecular weight is 480 g/mol. The van der Waals surface area contributed by atoms with Crippen molar-refractivity contribution in [2.75, 3.05) is 25.7 Å². The van der Waals surface area contributed by atoms with Crippen LogP contribution in [0, 0.1) is 0 Å². The first-order chi connectivity index (χ1) is 16.4. The lowest BCUT2D eigenvalue weighted by Gasteiger charge is -2.32. The molecule has 1 aliphatic heterocycles. The molecule has 1 amide bonds. The van der Waals surface area contributed by atoms with Gasteiger partial charge in [-0.05, 0) is 35.2 Å². The van der Waals surface area contributed by atoms with E-state index < -0.39 is 15.8 Å². The molecular formula is C27H29NO5S. The summed E-state index contributed by atoms with van der Waals surface area (Å²) < 4.78 is 35.5. The van der Waals surface area contributed by atoms with Gasteiger partial charge in [0.2, 0.25) is 5.91 Å². The van der Waals surface area contributed by atoms with Crippen molar-refractivity contribution in [2.45, 2.75) is 24.9 Å². The lowest BCUT2D eigenvalue weighted by atomic mass is 9.89. The van der Waals surface area contributed by atoms with Crippen LogP contribution in [-0.2, 0) is 21.2 Å². The van der Waals surface area contributed by atoms with Crippen molar-refractivity contribution >= 4 is 15.7 Å². The van der Waals surface area contributed by atoms with Crippen LogP contribution in [0.25, 0.3) is 0 Å². The van der Waals surface area contributed by atoms with Crippen LogP contribution in [0.15, 0.2) is 78.9 Å². The summed E-state index contributed by atoms with van der Waals surface area (Å²) in [6.07, 6.45) is 0.428. The van der Waals surface area contributed by atoms with Crippen LogP contribution in [-0.4, -0.2) is 51.0 Å². The first kappa shape index (κ1) is 23.8. The number of rotatable bonds is 8. The van der Waals surface area contributed by atoms with Gasteiger partial charge in [0.05, 0.1) is 31.6 Å². The number of amides is 1. The highest BCUT2D eigenvalue weighted by Crippen LogP contribution is 2.33. The van der Waals surface area contributed by atoms with E-state index in [-0.39, 0.29) is 30.0 Å². The van der Waals surface area contributed by atoms with E-state index in [0.29, 0.717) is 17.9 Å². The van der Waals surface area contributed by atoms with Crippen molar-refractivity contribution in [3.05, 3.63) is 95.6 Å². The van der Waals surface area contributed by atoms with E-state index in [1.54, 1.807) is 25.2 Å². The minimum absolute atomic E-state index is 0.0255. The highest BCUT2D eigenvalue weighted by Gasteiger charge is 2.38. The standard InChI is InChI=1S/C27H29NO5S/c1-32-24-14-13-20(17-25(24)33-2)18-28(23-15-16-34(30,31)19-23)27(29)26(21-9-5-3-6-10-21)22-11-7-4-8-12-22/h3-14,17,23,26H,15-16,18-19H2,1-2H3/t23-/m1/s1. The first-order valence-electron chi connectivity index (χ1n) is 11.2. The third-order valence-corrected chi connectivity index (χ3v) is 8.00. The topological polar surface area (TPSA) is 72.9 Å². The molecular weight excluding hydrogens is 450 g/mol. The summed E-state index contributed by atoms with van der Waals surface area (Å²) in [4.78, 5) is 15.9. The van der Waals surface area contributed by atoms with Crippen molar-refractivity contribution < 1.29 is 22.7 Å². The minimum atomic E-state index is -3.18. The number of hydrogen-bond acceptors (Lipinski definition) is 5. The Morgan fingerprint density at radius 3 is 2.00 bits per heavy atom. The van der Waals surface area contributed by atoms with Gasteiger partial charge in [0.15, 0.2) is 21.3 Å². The summed E-state index contributed by atoms with van der Waals surface area (Å²) in [5, 5.41) is 0. The second-order valence-electron chi connectivity index (χ2n) is 8.47. The van der Waals surface area contributed by atoms with Crippen LogP contribution < -0.4 is 9.47 Å². The lowest BCUT2D eigenvalue weighted by Crippen LogP contribution is -2.43. The number of carbonyl (C=O) groups is 1. The van der Waals surface area contributed by atoms with Gasteiger partial charge in [-0.15, -0.1) is 0 Å². The number of nitrogens with zero attached hydrogens (tertiary/aromatic N) is 1. The summed E-state index contributed by atoms with van der Waals surface area (Å²) in [7, 11) is -0.0484. The fraction of sp³-hybridized carbons (Fsp3) is 0.296. The predicted octanol–water partition coefficient (Wildman–Crippen LogP) is 4.05. The second-order valence-corrected chi connectivity index (χ2v) is 10.7. The molecule has 1 atom stereocenters. The molecule has 0 spiro atoms. The lowest BCUT2D eigenvalue weighted by molar-refractivity contribution is -0.134. The molecule has 178 valence electrons. The number of methoxy groups -OCH3 is 2. The maximum atomic E-state index is 14.2. The number of sulfone groups is 1. The van der Waals surface area contributed by atoms with E-state index in [1.807, 2.05) is 72.8 Å². The zero-order valence-electron chi connectivity index (χ0n) is 19.4. The molecule has 3 aromatic carbocycles. The molecule has 4 rings (SSSR count). The van der Waals surface area contributed by atoms with Crippen molar-refractivity contribution in [2.24, 2.45) is 0 Å². The minimum Gasteiger partial charge on any atom is -0.493 e. The van der Waals surface area contributed by atoms with Crippen LogP contribution in [0.5, 0.6) is 11.5 Å². The molecule has 7 heteroatoms. The van der Waals surface area contributed by atoms with E-state index in [0.717, 1.165) is 16.7 Å². The Morgan fingerprint density at radius 2 is 1.50 bits per heavy atom. The highest BCUT2D eigenvalue weighted by atomic mass is 32.2. The van der Waals surface area contributed by atoms with Gasteiger partial charge in [0.25, 0.3) is 0 Å². The largest absolute Gasteiger partial charge is 0.493 e. The zero-order valence-corrected chi connectivity index (χ0v) is 20.2. The Hall–Kier alpha value is -3.32. The van der Waals surface area contributed by atoms with Gasteiger partial charge < -0.3 is 14.4 Å². The van der Waals surface area contributed by atoms with E-state index in [1.165, 1.54) is 0 Å². The first-order valence-corrected chi connectivity index (χ1v) is 13.1. The van der Waals surface area contributed by atoms with Gasteiger partial charge >= 0.3 is 0 Å². The molecule has 0 saturated carbocycles. The number of ether oxygens (including phenoxy) is 2. The molecule has 1 heterocycles. The molecule has 3 aromatic rings. The Kier molecular flexibility index (Phi) is 7.22. The Balaban J connectivity index is 1.75.